The lowest BCUT2D eigenvalue weighted by Crippen LogP contribution is -2.31. The van der Waals surface area contributed by atoms with Gasteiger partial charge < -0.3 is 10.1 Å². The minimum absolute atomic E-state index is 0.0645. The van der Waals surface area contributed by atoms with E-state index in [0.717, 1.165) is 11.3 Å². The van der Waals surface area contributed by atoms with E-state index in [9.17, 15) is 9.59 Å². The zero-order chi connectivity index (χ0) is 21.5. The average molecular weight is 486 g/mol. The number of nitrogens with zero attached hydrogens (tertiary/aromatic N) is 1. The number of hydrogen-bond acceptors (Lipinski definition) is 5. The summed E-state index contributed by atoms with van der Waals surface area (Å²) in [6.07, 6.45) is 3.27. The van der Waals surface area contributed by atoms with E-state index in [0.29, 0.717) is 15.2 Å². The second-order valence-corrected chi connectivity index (χ2v) is 8.27. The number of amides is 2. The van der Waals surface area contributed by atoms with Crippen LogP contribution in [-0.2, 0) is 4.79 Å². The molecule has 0 radical (unpaired) electrons. The maximum atomic E-state index is 12.8. The van der Waals surface area contributed by atoms with Gasteiger partial charge in [-0.05, 0) is 65.7 Å². The molecule has 1 aromatic heterocycles. The third-order valence-electron chi connectivity index (χ3n) is 3.83. The van der Waals surface area contributed by atoms with Gasteiger partial charge in [0.25, 0.3) is 11.8 Å². The van der Waals surface area contributed by atoms with Crippen LogP contribution in [0.2, 0.25) is 0 Å². The molecule has 2 aromatic carbocycles. The van der Waals surface area contributed by atoms with Crippen LogP contribution in [0.25, 0.3) is 6.08 Å². The van der Waals surface area contributed by atoms with Gasteiger partial charge in [0.1, 0.15) is 11.4 Å². The molecule has 3 rings (SSSR count). The number of nitrogens with one attached hydrogen (secondary N) is 2. The number of halogens is 1. The molecule has 154 valence electrons. The number of benzene rings is 2. The fourth-order valence-electron chi connectivity index (χ4n) is 2.52. The second-order valence-electron chi connectivity index (χ2n) is 6.52. The summed E-state index contributed by atoms with van der Waals surface area (Å²) in [5, 5.41) is 7.61. The molecule has 0 spiro atoms. The Morgan fingerprint density at radius 3 is 2.50 bits per heavy atom. The molecule has 8 heteroatoms. The molecule has 0 saturated heterocycles. The molecule has 3 aromatic rings. The Kier molecular flexibility index (Phi) is 7.37. The van der Waals surface area contributed by atoms with Gasteiger partial charge in [0.05, 0.1) is 11.7 Å². The minimum atomic E-state index is -0.465. The van der Waals surface area contributed by atoms with Crippen LogP contribution in [-0.4, -0.2) is 22.9 Å². The molecule has 2 N–H and O–H groups in total. The summed E-state index contributed by atoms with van der Waals surface area (Å²) in [6.45, 7) is 3.90. The van der Waals surface area contributed by atoms with E-state index in [1.54, 1.807) is 35.9 Å². The second kappa shape index (κ2) is 10.2. The predicted molar refractivity (Wildman–Crippen MR) is 123 cm³/mol. The topological polar surface area (TPSA) is 80.3 Å². The highest BCUT2D eigenvalue weighted by Gasteiger charge is 2.17. The number of aromatic nitrogens is 1. The highest BCUT2D eigenvalue weighted by atomic mass is 79.9. The van der Waals surface area contributed by atoms with Gasteiger partial charge in [0, 0.05) is 16.0 Å². The highest BCUT2D eigenvalue weighted by molar-refractivity contribution is 9.10. The Labute approximate surface area is 187 Å². The zero-order valence-electron chi connectivity index (χ0n) is 16.4. The molecule has 0 aliphatic rings. The molecular formula is C22H20BrN3O3S. The monoisotopic (exact) mass is 485 g/mol. The van der Waals surface area contributed by atoms with Gasteiger partial charge in [0.15, 0.2) is 5.13 Å². The summed E-state index contributed by atoms with van der Waals surface area (Å²) in [6, 6.07) is 14.3. The molecule has 1 heterocycles. The fraction of sp³-hybridized carbons (Fsp3) is 0.136. The van der Waals surface area contributed by atoms with Crippen LogP contribution in [0.15, 0.2) is 70.3 Å². The largest absolute Gasteiger partial charge is 0.491 e. The number of carbonyl (C=O) groups is 2. The molecule has 0 bridgehead atoms. The van der Waals surface area contributed by atoms with Crippen LogP contribution in [0.4, 0.5) is 5.13 Å². The van der Waals surface area contributed by atoms with Crippen molar-refractivity contribution in [2.24, 2.45) is 0 Å². The number of carbonyl (C=O) groups excluding carboxylic acids is 2. The SMILES string of the molecule is CC(C)Oc1ccc(/C=C(\NC(=O)c2ccccc2Br)C(=O)Nc2nccs2)cc1. The van der Waals surface area contributed by atoms with Crippen molar-refractivity contribution in [1.29, 1.82) is 0 Å². The Balaban J connectivity index is 1.86. The molecular weight excluding hydrogens is 466 g/mol. The van der Waals surface area contributed by atoms with E-state index in [-0.39, 0.29) is 11.8 Å². The van der Waals surface area contributed by atoms with Crippen molar-refractivity contribution >= 4 is 50.3 Å². The normalized spacial score (nSPS) is 11.3. The lowest BCUT2D eigenvalue weighted by Gasteiger charge is -2.12. The molecule has 0 unspecified atom stereocenters. The molecule has 30 heavy (non-hydrogen) atoms. The van der Waals surface area contributed by atoms with Gasteiger partial charge in [0.2, 0.25) is 0 Å². The number of hydrogen-bond donors (Lipinski definition) is 2. The molecule has 0 saturated carbocycles. The Hall–Kier alpha value is -2.97. The Morgan fingerprint density at radius 1 is 1.13 bits per heavy atom. The van der Waals surface area contributed by atoms with Crippen LogP contribution >= 0.6 is 27.3 Å². The van der Waals surface area contributed by atoms with Crippen LogP contribution < -0.4 is 15.4 Å². The van der Waals surface area contributed by atoms with E-state index in [1.165, 1.54) is 11.3 Å². The summed E-state index contributed by atoms with van der Waals surface area (Å²) in [5.74, 6) is -0.135. The third-order valence-corrected chi connectivity index (χ3v) is 5.21. The summed E-state index contributed by atoms with van der Waals surface area (Å²) < 4.78 is 6.28. The summed E-state index contributed by atoms with van der Waals surface area (Å²) in [7, 11) is 0. The van der Waals surface area contributed by atoms with Crippen molar-refractivity contribution in [3.63, 3.8) is 0 Å². The van der Waals surface area contributed by atoms with Gasteiger partial charge in [-0.1, -0.05) is 24.3 Å². The van der Waals surface area contributed by atoms with Crippen molar-refractivity contribution in [1.82, 2.24) is 10.3 Å². The van der Waals surface area contributed by atoms with E-state index >= 15 is 0 Å². The quantitative estimate of drug-likeness (QED) is 0.456. The van der Waals surface area contributed by atoms with Crippen molar-refractivity contribution in [3.8, 4) is 5.75 Å². The standard InChI is InChI=1S/C22H20BrN3O3S/c1-14(2)29-16-9-7-15(8-10-16)13-19(21(28)26-22-24-11-12-30-22)25-20(27)17-5-3-4-6-18(17)23/h3-14H,1-2H3,(H,25,27)(H,24,26,28)/b19-13-. The zero-order valence-corrected chi connectivity index (χ0v) is 18.8. The van der Waals surface area contributed by atoms with Crippen LogP contribution in [0.1, 0.15) is 29.8 Å². The Bertz CT molecular complexity index is 1050. The van der Waals surface area contributed by atoms with Crippen LogP contribution in [0.3, 0.4) is 0 Å². The summed E-state index contributed by atoms with van der Waals surface area (Å²) in [5.41, 5.74) is 1.26. The van der Waals surface area contributed by atoms with Gasteiger partial charge in [-0.15, -0.1) is 11.3 Å². The smallest absolute Gasteiger partial charge is 0.273 e. The maximum absolute atomic E-state index is 12.8. The predicted octanol–water partition coefficient (Wildman–Crippen LogP) is 5.10. The summed E-state index contributed by atoms with van der Waals surface area (Å²) in [4.78, 5) is 29.6. The lowest BCUT2D eigenvalue weighted by molar-refractivity contribution is -0.113. The molecule has 2 amide bonds. The summed E-state index contributed by atoms with van der Waals surface area (Å²) >= 11 is 4.66. The molecule has 0 fully saturated rings. The lowest BCUT2D eigenvalue weighted by atomic mass is 10.1. The number of ether oxygens (including phenoxy) is 1. The molecule has 0 aliphatic carbocycles. The van der Waals surface area contributed by atoms with Crippen molar-refractivity contribution in [2.75, 3.05) is 5.32 Å². The molecule has 0 atom stereocenters. The minimum Gasteiger partial charge on any atom is -0.491 e. The average Bonchev–Trinajstić information content (AvgIpc) is 3.21. The van der Waals surface area contributed by atoms with Crippen molar-refractivity contribution in [3.05, 3.63) is 81.4 Å². The fourth-order valence-corrected chi connectivity index (χ4v) is 3.51. The highest BCUT2D eigenvalue weighted by Crippen LogP contribution is 2.19. The number of thiazole rings is 1. The number of anilines is 1. The molecule has 0 aliphatic heterocycles. The Morgan fingerprint density at radius 2 is 1.87 bits per heavy atom. The first-order chi connectivity index (χ1) is 14.4. The van der Waals surface area contributed by atoms with Gasteiger partial charge >= 0.3 is 0 Å². The van der Waals surface area contributed by atoms with Gasteiger partial charge in [-0.2, -0.15) is 0 Å². The van der Waals surface area contributed by atoms with Crippen LogP contribution in [0, 0.1) is 0 Å². The van der Waals surface area contributed by atoms with E-state index in [1.807, 2.05) is 44.2 Å². The third kappa shape index (κ3) is 6.01. The van der Waals surface area contributed by atoms with Crippen LogP contribution in [0.5, 0.6) is 5.75 Å². The van der Waals surface area contributed by atoms with Gasteiger partial charge in [-0.3, -0.25) is 14.9 Å². The first kappa shape index (κ1) is 21.7. The van der Waals surface area contributed by atoms with E-state index < -0.39 is 11.8 Å². The first-order valence-electron chi connectivity index (χ1n) is 9.17. The van der Waals surface area contributed by atoms with Crippen molar-refractivity contribution in [2.45, 2.75) is 20.0 Å². The number of rotatable bonds is 7. The maximum Gasteiger partial charge on any atom is 0.273 e. The van der Waals surface area contributed by atoms with Gasteiger partial charge in [-0.25, -0.2) is 4.98 Å². The van der Waals surface area contributed by atoms with E-state index in [2.05, 4.69) is 31.5 Å². The van der Waals surface area contributed by atoms with E-state index in [4.69, 9.17) is 4.74 Å². The van der Waals surface area contributed by atoms with Crippen molar-refractivity contribution < 1.29 is 14.3 Å². The molecule has 6 nitrogen and oxygen atoms in total. The first-order valence-corrected chi connectivity index (χ1v) is 10.8.